The van der Waals surface area contributed by atoms with Gasteiger partial charge in [0.25, 0.3) is 0 Å². The van der Waals surface area contributed by atoms with Crippen molar-refractivity contribution in [2.45, 2.75) is 19.9 Å². The number of anilines is 1. The molecule has 0 saturated carbocycles. The van der Waals surface area contributed by atoms with E-state index in [1.807, 2.05) is 26.0 Å². The van der Waals surface area contributed by atoms with E-state index in [0.717, 1.165) is 10.2 Å². The summed E-state index contributed by atoms with van der Waals surface area (Å²) in [6.07, 6.45) is 0. The van der Waals surface area contributed by atoms with Crippen molar-refractivity contribution in [1.82, 2.24) is 10.3 Å². The number of fused-ring (bicyclic) bond motifs is 1. The van der Waals surface area contributed by atoms with Gasteiger partial charge in [0.05, 0.1) is 28.3 Å². The topological polar surface area (TPSA) is 97.1 Å². The molecule has 0 spiro atoms. The van der Waals surface area contributed by atoms with Crippen LogP contribution in [-0.2, 0) is 9.59 Å². The summed E-state index contributed by atoms with van der Waals surface area (Å²) in [5, 5.41) is 5.26. The molecular formula is C14H19ClN4O2S. The minimum atomic E-state index is -0.605. The first-order valence-electron chi connectivity index (χ1n) is 6.64. The van der Waals surface area contributed by atoms with E-state index in [0.29, 0.717) is 5.69 Å². The van der Waals surface area contributed by atoms with Gasteiger partial charge < -0.3 is 16.4 Å². The van der Waals surface area contributed by atoms with Crippen LogP contribution in [0.1, 0.15) is 13.8 Å². The summed E-state index contributed by atoms with van der Waals surface area (Å²) in [6.45, 7) is 3.61. The summed E-state index contributed by atoms with van der Waals surface area (Å²) in [6, 6.07) is 4.87. The second-order valence-corrected chi connectivity index (χ2v) is 5.96. The molecular weight excluding hydrogens is 324 g/mol. The average Bonchev–Trinajstić information content (AvgIpc) is 2.91. The fourth-order valence-corrected chi connectivity index (χ4v) is 2.44. The Hall–Kier alpha value is -1.70. The molecule has 2 amide bonds. The van der Waals surface area contributed by atoms with Crippen molar-refractivity contribution < 1.29 is 9.59 Å². The third-order valence-electron chi connectivity index (χ3n) is 3.06. The summed E-state index contributed by atoms with van der Waals surface area (Å²) >= 11 is 1.51. The Morgan fingerprint density at radius 2 is 2.09 bits per heavy atom. The van der Waals surface area contributed by atoms with E-state index in [1.54, 1.807) is 11.6 Å². The summed E-state index contributed by atoms with van der Waals surface area (Å²) in [5.74, 6) is -0.581. The molecule has 0 fully saturated rings. The number of halogens is 1. The van der Waals surface area contributed by atoms with E-state index in [4.69, 9.17) is 5.73 Å². The van der Waals surface area contributed by atoms with Crippen LogP contribution in [0.3, 0.4) is 0 Å². The Labute approximate surface area is 138 Å². The van der Waals surface area contributed by atoms with Crippen molar-refractivity contribution in [3.63, 3.8) is 0 Å². The second kappa shape index (κ2) is 8.07. The van der Waals surface area contributed by atoms with Crippen LogP contribution in [0.2, 0.25) is 0 Å². The van der Waals surface area contributed by atoms with Gasteiger partial charge in [-0.1, -0.05) is 13.8 Å². The molecule has 1 aromatic carbocycles. The third kappa shape index (κ3) is 4.66. The molecule has 0 unspecified atom stereocenters. The van der Waals surface area contributed by atoms with E-state index in [2.05, 4.69) is 15.6 Å². The molecule has 0 aliphatic heterocycles. The molecule has 4 N–H and O–H groups in total. The molecule has 1 heterocycles. The number of nitrogens with two attached hydrogens (primary N) is 1. The molecule has 2 rings (SSSR count). The minimum Gasteiger partial charge on any atom is -0.346 e. The number of hydrogen-bond donors (Lipinski definition) is 3. The van der Waals surface area contributed by atoms with Crippen molar-refractivity contribution in [2.75, 3.05) is 11.9 Å². The highest BCUT2D eigenvalue weighted by molar-refractivity contribution is 7.16. The summed E-state index contributed by atoms with van der Waals surface area (Å²) in [5.41, 5.74) is 9.03. The van der Waals surface area contributed by atoms with Gasteiger partial charge in [0.15, 0.2) is 0 Å². The first kappa shape index (κ1) is 18.3. The van der Waals surface area contributed by atoms with Crippen molar-refractivity contribution in [3.05, 3.63) is 23.7 Å². The van der Waals surface area contributed by atoms with Gasteiger partial charge in [0, 0.05) is 5.69 Å². The molecule has 8 heteroatoms. The molecule has 1 aromatic heterocycles. The van der Waals surface area contributed by atoms with Crippen molar-refractivity contribution in [3.8, 4) is 0 Å². The van der Waals surface area contributed by atoms with E-state index >= 15 is 0 Å². The van der Waals surface area contributed by atoms with Gasteiger partial charge in [-0.25, -0.2) is 4.98 Å². The maximum Gasteiger partial charge on any atom is 0.243 e. The van der Waals surface area contributed by atoms with Gasteiger partial charge in [-0.2, -0.15) is 0 Å². The third-order valence-corrected chi connectivity index (χ3v) is 3.85. The lowest BCUT2D eigenvalue weighted by molar-refractivity contribution is -0.125. The van der Waals surface area contributed by atoms with Gasteiger partial charge in [0.2, 0.25) is 11.8 Å². The maximum absolute atomic E-state index is 11.8. The Morgan fingerprint density at radius 3 is 2.77 bits per heavy atom. The molecule has 22 heavy (non-hydrogen) atoms. The minimum absolute atomic E-state index is 0. The monoisotopic (exact) mass is 342 g/mol. The number of amides is 2. The van der Waals surface area contributed by atoms with Gasteiger partial charge in [-0.05, 0) is 24.1 Å². The Morgan fingerprint density at radius 1 is 1.36 bits per heavy atom. The average molecular weight is 343 g/mol. The molecule has 0 aliphatic rings. The van der Waals surface area contributed by atoms with Crippen LogP contribution in [0.15, 0.2) is 23.7 Å². The quantitative estimate of drug-likeness (QED) is 0.771. The molecule has 6 nitrogen and oxygen atoms in total. The second-order valence-electron chi connectivity index (χ2n) is 5.07. The van der Waals surface area contributed by atoms with Crippen LogP contribution in [-0.4, -0.2) is 29.4 Å². The lowest BCUT2D eigenvalue weighted by atomic mass is 10.1. The number of thiazole rings is 1. The van der Waals surface area contributed by atoms with E-state index in [1.165, 1.54) is 11.3 Å². The molecule has 0 bridgehead atoms. The van der Waals surface area contributed by atoms with Gasteiger partial charge in [-0.3, -0.25) is 9.59 Å². The Bertz CT molecular complexity index is 659. The van der Waals surface area contributed by atoms with Crippen molar-refractivity contribution >= 4 is 51.5 Å². The lowest BCUT2D eigenvalue weighted by Crippen LogP contribution is -2.46. The fourth-order valence-electron chi connectivity index (χ4n) is 1.73. The van der Waals surface area contributed by atoms with Gasteiger partial charge in [-0.15, -0.1) is 23.7 Å². The first-order chi connectivity index (χ1) is 9.97. The van der Waals surface area contributed by atoms with Crippen LogP contribution < -0.4 is 16.4 Å². The molecule has 2 aromatic rings. The molecule has 0 radical (unpaired) electrons. The SMILES string of the molecule is CC(C)[C@H](N)C(=O)NCC(=O)Nc1ccc2ncsc2c1.Cl. The van der Waals surface area contributed by atoms with Crippen LogP contribution in [0.4, 0.5) is 5.69 Å². The normalized spacial score (nSPS) is 11.8. The Kier molecular flexibility index (Phi) is 6.73. The highest BCUT2D eigenvalue weighted by Gasteiger charge is 2.17. The zero-order valence-corrected chi connectivity index (χ0v) is 14.0. The predicted octanol–water partition coefficient (Wildman–Crippen LogP) is 1.76. The first-order valence-corrected chi connectivity index (χ1v) is 7.51. The number of nitrogens with zero attached hydrogens (tertiary/aromatic N) is 1. The smallest absolute Gasteiger partial charge is 0.243 e. The fraction of sp³-hybridized carbons (Fsp3) is 0.357. The maximum atomic E-state index is 11.8. The van der Waals surface area contributed by atoms with Crippen LogP contribution in [0.5, 0.6) is 0 Å². The highest BCUT2D eigenvalue weighted by atomic mass is 35.5. The molecule has 120 valence electrons. The predicted molar refractivity (Wildman–Crippen MR) is 91.3 cm³/mol. The number of rotatable bonds is 5. The van der Waals surface area contributed by atoms with Crippen LogP contribution in [0, 0.1) is 5.92 Å². The Balaban J connectivity index is 0.00000242. The van der Waals surface area contributed by atoms with E-state index in [9.17, 15) is 9.59 Å². The largest absolute Gasteiger partial charge is 0.346 e. The number of nitrogens with one attached hydrogen (secondary N) is 2. The lowest BCUT2D eigenvalue weighted by Gasteiger charge is -2.15. The molecule has 0 saturated heterocycles. The van der Waals surface area contributed by atoms with Crippen LogP contribution >= 0.6 is 23.7 Å². The number of aromatic nitrogens is 1. The van der Waals surface area contributed by atoms with Gasteiger partial charge >= 0.3 is 0 Å². The highest BCUT2D eigenvalue weighted by Crippen LogP contribution is 2.21. The number of hydrogen-bond acceptors (Lipinski definition) is 5. The zero-order valence-electron chi connectivity index (χ0n) is 12.3. The van der Waals surface area contributed by atoms with Crippen molar-refractivity contribution in [1.29, 1.82) is 0 Å². The zero-order chi connectivity index (χ0) is 15.4. The van der Waals surface area contributed by atoms with Crippen LogP contribution in [0.25, 0.3) is 10.2 Å². The summed E-state index contributed by atoms with van der Waals surface area (Å²) < 4.78 is 0.999. The number of carbonyl (C=O) groups is 2. The van der Waals surface area contributed by atoms with E-state index in [-0.39, 0.29) is 36.7 Å². The van der Waals surface area contributed by atoms with Crippen molar-refractivity contribution in [2.24, 2.45) is 11.7 Å². The van der Waals surface area contributed by atoms with E-state index < -0.39 is 6.04 Å². The summed E-state index contributed by atoms with van der Waals surface area (Å²) in [4.78, 5) is 27.6. The number of benzene rings is 1. The van der Waals surface area contributed by atoms with Gasteiger partial charge in [0.1, 0.15) is 0 Å². The molecule has 1 atom stereocenters. The molecule has 0 aliphatic carbocycles. The standard InChI is InChI=1S/C14H18N4O2S.ClH/c1-8(2)13(15)14(20)16-6-12(19)18-9-3-4-10-11(5-9)21-7-17-10;/h3-5,7-8,13H,6,15H2,1-2H3,(H,16,20)(H,18,19);1H/t13-;/m0./s1. The summed E-state index contributed by atoms with van der Waals surface area (Å²) in [7, 11) is 0. The number of carbonyl (C=O) groups excluding carboxylic acids is 2.